The summed E-state index contributed by atoms with van der Waals surface area (Å²) in [6.45, 7) is 0.328. The molecule has 3 aromatic rings. The van der Waals surface area contributed by atoms with Crippen molar-refractivity contribution < 1.29 is 22.1 Å². The third-order valence-electron chi connectivity index (χ3n) is 5.12. The van der Waals surface area contributed by atoms with Crippen LogP contribution in [0.4, 0.5) is 4.39 Å². The number of para-hydroxylation sites is 1. The summed E-state index contributed by atoms with van der Waals surface area (Å²) < 4.78 is 44.7. The number of rotatable bonds is 3. The van der Waals surface area contributed by atoms with Gasteiger partial charge in [-0.2, -0.15) is 0 Å². The van der Waals surface area contributed by atoms with E-state index in [1.54, 1.807) is 12.1 Å². The van der Waals surface area contributed by atoms with Gasteiger partial charge in [0.15, 0.2) is 15.4 Å². The average molecular weight is 402 g/mol. The van der Waals surface area contributed by atoms with Crippen molar-refractivity contribution in [3.63, 3.8) is 0 Å². The largest absolute Gasteiger partial charge is 0.356 e. The Morgan fingerprint density at radius 3 is 2.71 bits per heavy atom. The summed E-state index contributed by atoms with van der Waals surface area (Å²) in [6.07, 6.45) is 0.190. The Bertz CT molecular complexity index is 1130. The first-order valence-electron chi connectivity index (χ1n) is 9.03. The van der Waals surface area contributed by atoms with Crippen LogP contribution < -0.4 is 0 Å². The fourth-order valence-electron chi connectivity index (χ4n) is 3.60. The fraction of sp³-hybridized carbons (Fsp3) is 0.300. The van der Waals surface area contributed by atoms with E-state index in [1.807, 2.05) is 18.2 Å². The third kappa shape index (κ3) is 3.52. The molecule has 146 valence electrons. The zero-order valence-electron chi connectivity index (χ0n) is 15.0. The van der Waals surface area contributed by atoms with Crippen LogP contribution in [0.2, 0.25) is 0 Å². The summed E-state index contributed by atoms with van der Waals surface area (Å²) in [5, 5.41) is 3.79. The van der Waals surface area contributed by atoms with E-state index in [0.29, 0.717) is 11.3 Å². The Labute approximate surface area is 161 Å². The first kappa shape index (κ1) is 18.6. The predicted molar refractivity (Wildman–Crippen MR) is 102 cm³/mol. The quantitative estimate of drug-likeness (QED) is 0.673. The van der Waals surface area contributed by atoms with Gasteiger partial charge in [-0.3, -0.25) is 4.79 Å². The van der Waals surface area contributed by atoms with Gasteiger partial charge < -0.3 is 9.42 Å². The number of benzene rings is 2. The molecule has 1 atom stereocenters. The molecule has 0 bridgehead atoms. The lowest BCUT2D eigenvalue weighted by molar-refractivity contribution is -0.130. The zero-order valence-corrected chi connectivity index (χ0v) is 15.9. The number of sulfone groups is 1. The van der Waals surface area contributed by atoms with E-state index in [1.165, 1.54) is 23.1 Å². The minimum atomic E-state index is -3.57. The number of nitrogens with zero attached hydrogens (tertiary/aromatic N) is 2. The van der Waals surface area contributed by atoms with E-state index in [-0.39, 0.29) is 43.2 Å². The lowest BCUT2D eigenvalue weighted by Crippen LogP contribution is -2.34. The minimum absolute atomic E-state index is 0.0292. The molecular weight excluding hydrogens is 383 g/mol. The topological polar surface area (TPSA) is 80.5 Å². The second kappa shape index (κ2) is 7.35. The van der Waals surface area contributed by atoms with Crippen LogP contribution >= 0.6 is 0 Å². The highest BCUT2D eigenvalue weighted by atomic mass is 32.2. The predicted octanol–water partition coefficient (Wildman–Crippen LogP) is 2.90. The zero-order chi connectivity index (χ0) is 19.7. The maximum absolute atomic E-state index is 14.1. The minimum Gasteiger partial charge on any atom is -0.356 e. The van der Waals surface area contributed by atoms with Gasteiger partial charge in [-0.05, 0) is 24.6 Å². The molecule has 0 aliphatic carbocycles. The number of halogens is 1. The van der Waals surface area contributed by atoms with Crippen molar-refractivity contribution in [3.05, 3.63) is 65.6 Å². The van der Waals surface area contributed by atoms with E-state index in [0.717, 1.165) is 5.39 Å². The van der Waals surface area contributed by atoms with E-state index in [2.05, 4.69) is 5.16 Å². The van der Waals surface area contributed by atoms with Gasteiger partial charge >= 0.3 is 0 Å². The van der Waals surface area contributed by atoms with Crippen LogP contribution in [-0.2, 0) is 21.1 Å². The molecule has 1 saturated heterocycles. The second-order valence-electron chi connectivity index (χ2n) is 6.85. The second-order valence-corrected chi connectivity index (χ2v) is 9.15. The molecule has 1 aliphatic heterocycles. The van der Waals surface area contributed by atoms with Crippen molar-refractivity contribution in [2.75, 3.05) is 18.8 Å². The highest BCUT2D eigenvalue weighted by Gasteiger charge is 2.34. The molecule has 1 amide bonds. The maximum Gasteiger partial charge on any atom is 0.228 e. The number of carbonyl (C=O) groups excluding carboxylic acids is 1. The van der Waals surface area contributed by atoms with Gasteiger partial charge in [0.05, 0.1) is 17.4 Å². The number of amides is 1. The molecule has 1 fully saturated rings. The first-order chi connectivity index (χ1) is 13.5. The summed E-state index contributed by atoms with van der Waals surface area (Å²) in [5.41, 5.74) is 1.29. The van der Waals surface area contributed by atoms with Gasteiger partial charge in [0, 0.05) is 24.0 Å². The van der Waals surface area contributed by atoms with E-state index in [9.17, 15) is 17.6 Å². The Hall–Kier alpha value is -2.74. The number of hydrogen-bond acceptors (Lipinski definition) is 5. The van der Waals surface area contributed by atoms with Crippen molar-refractivity contribution in [2.45, 2.75) is 18.1 Å². The summed E-state index contributed by atoms with van der Waals surface area (Å²) in [7, 11) is -3.57. The van der Waals surface area contributed by atoms with Crippen LogP contribution in [-0.4, -0.2) is 43.2 Å². The molecule has 8 heteroatoms. The van der Waals surface area contributed by atoms with Crippen molar-refractivity contribution in [1.29, 1.82) is 0 Å². The number of aromatic nitrogens is 1. The van der Waals surface area contributed by atoms with Crippen LogP contribution in [0.1, 0.15) is 22.9 Å². The van der Waals surface area contributed by atoms with Crippen molar-refractivity contribution in [2.24, 2.45) is 0 Å². The Kier molecular flexibility index (Phi) is 4.89. The molecule has 1 aromatic heterocycles. The molecule has 28 heavy (non-hydrogen) atoms. The molecule has 2 heterocycles. The van der Waals surface area contributed by atoms with Crippen LogP contribution in [0.25, 0.3) is 11.0 Å². The molecule has 2 aromatic carbocycles. The van der Waals surface area contributed by atoms with Crippen LogP contribution in [0.15, 0.2) is 53.1 Å². The summed E-state index contributed by atoms with van der Waals surface area (Å²) >= 11 is 0. The van der Waals surface area contributed by atoms with Crippen LogP contribution in [0.5, 0.6) is 0 Å². The highest BCUT2D eigenvalue weighted by molar-refractivity contribution is 7.91. The number of carbonyl (C=O) groups is 1. The molecule has 1 aliphatic rings. The molecule has 0 spiro atoms. The van der Waals surface area contributed by atoms with Gasteiger partial charge in [0.25, 0.3) is 0 Å². The smallest absolute Gasteiger partial charge is 0.228 e. The van der Waals surface area contributed by atoms with Crippen molar-refractivity contribution in [1.82, 2.24) is 10.1 Å². The van der Waals surface area contributed by atoms with Crippen LogP contribution in [0, 0.1) is 5.82 Å². The lowest BCUT2D eigenvalue weighted by Gasteiger charge is -2.19. The summed E-state index contributed by atoms with van der Waals surface area (Å²) in [6, 6.07) is 13.2. The molecule has 0 radical (unpaired) electrons. The van der Waals surface area contributed by atoms with E-state index in [4.69, 9.17) is 4.52 Å². The van der Waals surface area contributed by atoms with Gasteiger partial charge in [0.1, 0.15) is 11.5 Å². The van der Waals surface area contributed by atoms with Gasteiger partial charge in [-0.1, -0.05) is 35.5 Å². The SMILES string of the molecule is O=C(Cc1noc2ccccc12)N1CCC(c2ccccc2F)S(=O)(=O)CC1. The normalized spacial score (nSPS) is 19.5. The Morgan fingerprint density at radius 1 is 1.14 bits per heavy atom. The van der Waals surface area contributed by atoms with Crippen LogP contribution in [0.3, 0.4) is 0 Å². The highest BCUT2D eigenvalue weighted by Crippen LogP contribution is 2.31. The maximum atomic E-state index is 14.1. The molecule has 1 unspecified atom stereocenters. The Morgan fingerprint density at radius 2 is 1.89 bits per heavy atom. The molecule has 0 saturated carbocycles. The lowest BCUT2D eigenvalue weighted by atomic mass is 10.1. The molecule has 6 nitrogen and oxygen atoms in total. The fourth-order valence-corrected chi connectivity index (χ4v) is 5.40. The third-order valence-corrected chi connectivity index (χ3v) is 7.22. The number of fused-ring (bicyclic) bond motifs is 1. The number of hydrogen-bond donors (Lipinski definition) is 0. The van der Waals surface area contributed by atoms with E-state index < -0.39 is 20.9 Å². The summed E-state index contributed by atoms with van der Waals surface area (Å²) in [5.74, 6) is -0.953. The molecular formula is C20H19FN2O4S. The molecule has 0 N–H and O–H groups in total. The van der Waals surface area contributed by atoms with Gasteiger partial charge in [-0.25, -0.2) is 12.8 Å². The van der Waals surface area contributed by atoms with E-state index >= 15 is 0 Å². The average Bonchev–Trinajstić information content (AvgIpc) is 3.00. The van der Waals surface area contributed by atoms with Gasteiger partial charge in [0.2, 0.25) is 5.91 Å². The first-order valence-corrected chi connectivity index (χ1v) is 10.7. The molecule has 4 rings (SSSR count). The monoisotopic (exact) mass is 402 g/mol. The Balaban J connectivity index is 1.53. The summed E-state index contributed by atoms with van der Waals surface area (Å²) in [4.78, 5) is 14.3. The standard InChI is InChI=1S/C20H19FN2O4S/c21-16-7-3-1-5-14(16)19-9-10-23(11-12-28(19,25)26)20(24)13-17-15-6-2-4-8-18(15)27-22-17/h1-8,19H,9-13H2. The van der Waals surface area contributed by atoms with Crippen molar-refractivity contribution in [3.8, 4) is 0 Å². The van der Waals surface area contributed by atoms with Gasteiger partial charge in [-0.15, -0.1) is 0 Å². The van der Waals surface area contributed by atoms with Crippen molar-refractivity contribution >= 4 is 26.7 Å².